The van der Waals surface area contributed by atoms with Gasteiger partial charge in [0.25, 0.3) is 5.91 Å². The monoisotopic (exact) mass is 341 g/mol. The number of hydrogen-bond acceptors (Lipinski definition) is 4. The van der Waals surface area contributed by atoms with Crippen LogP contribution in [0.3, 0.4) is 0 Å². The van der Waals surface area contributed by atoms with Gasteiger partial charge in [0, 0.05) is 19.2 Å². The number of amides is 2. The smallest absolute Gasteiger partial charge is 0.255 e. The quantitative estimate of drug-likeness (QED) is 0.724. The number of nitrogens with one attached hydrogen (secondary N) is 2. The molecule has 0 saturated carbocycles. The lowest BCUT2D eigenvalue weighted by atomic mass is 10.2. The van der Waals surface area contributed by atoms with Crippen LogP contribution in [0.5, 0.6) is 5.75 Å². The van der Waals surface area contributed by atoms with E-state index in [0.29, 0.717) is 43.1 Å². The maximum Gasteiger partial charge on any atom is 0.255 e. The van der Waals surface area contributed by atoms with Crippen LogP contribution in [0.2, 0.25) is 0 Å². The highest BCUT2D eigenvalue weighted by Crippen LogP contribution is 2.17. The Morgan fingerprint density at radius 3 is 2.72 bits per heavy atom. The molecule has 2 aromatic rings. The second kappa shape index (κ2) is 9.42. The van der Waals surface area contributed by atoms with E-state index in [1.165, 1.54) is 0 Å². The zero-order chi connectivity index (χ0) is 18.1. The summed E-state index contributed by atoms with van der Waals surface area (Å²) >= 11 is 0. The summed E-state index contributed by atoms with van der Waals surface area (Å²) in [6.45, 7) is 4.67. The van der Waals surface area contributed by atoms with Gasteiger partial charge in [-0.15, -0.1) is 0 Å². The molecular weight excluding hydrogens is 318 g/mol. The van der Waals surface area contributed by atoms with Crippen molar-refractivity contribution >= 4 is 17.6 Å². The SMILES string of the molecule is CCOc1ccccc1C(=O)NCCCC(=O)Nc1ncccc1C. The first-order chi connectivity index (χ1) is 12.1. The second-order valence-corrected chi connectivity index (χ2v) is 5.51. The lowest BCUT2D eigenvalue weighted by molar-refractivity contribution is -0.116. The van der Waals surface area contributed by atoms with Gasteiger partial charge in [-0.1, -0.05) is 18.2 Å². The summed E-state index contributed by atoms with van der Waals surface area (Å²) in [5, 5.41) is 5.59. The molecule has 0 unspecified atom stereocenters. The Bertz CT molecular complexity index is 731. The Balaban J connectivity index is 1.76. The third kappa shape index (κ3) is 5.60. The highest BCUT2D eigenvalue weighted by molar-refractivity contribution is 5.97. The molecule has 1 aromatic carbocycles. The van der Waals surface area contributed by atoms with Crippen LogP contribution in [-0.2, 0) is 4.79 Å². The van der Waals surface area contributed by atoms with Crippen molar-refractivity contribution in [2.45, 2.75) is 26.7 Å². The molecule has 1 heterocycles. The summed E-state index contributed by atoms with van der Waals surface area (Å²) in [7, 11) is 0. The van der Waals surface area contributed by atoms with Gasteiger partial charge in [-0.05, 0) is 44.0 Å². The van der Waals surface area contributed by atoms with Gasteiger partial charge in [-0.2, -0.15) is 0 Å². The highest BCUT2D eigenvalue weighted by Gasteiger charge is 2.11. The van der Waals surface area contributed by atoms with Gasteiger partial charge in [0.1, 0.15) is 11.6 Å². The van der Waals surface area contributed by atoms with Gasteiger partial charge >= 0.3 is 0 Å². The number of aromatic nitrogens is 1. The van der Waals surface area contributed by atoms with Crippen LogP contribution in [0.25, 0.3) is 0 Å². The number of anilines is 1. The van der Waals surface area contributed by atoms with Crippen molar-refractivity contribution in [2.24, 2.45) is 0 Å². The van der Waals surface area contributed by atoms with Crippen LogP contribution >= 0.6 is 0 Å². The molecule has 2 rings (SSSR count). The first kappa shape index (κ1) is 18.4. The Kier molecular flexibility index (Phi) is 6.95. The zero-order valence-corrected chi connectivity index (χ0v) is 14.5. The Morgan fingerprint density at radius 1 is 1.16 bits per heavy atom. The molecule has 25 heavy (non-hydrogen) atoms. The molecule has 0 spiro atoms. The topological polar surface area (TPSA) is 80.3 Å². The molecule has 1 aromatic heterocycles. The second-order valence-electron chi connectivity index (χ2n) is 5.51. The van der Waals surface area contributed by atoms with Crippen molar-refractivity contribution < 1.29 is 14.3 Å². The third-order valence-electron chi connectivity index (χ3n) is 3.56. The molecule has 0 saturated heterocycles. The number of nitrogens with zero attached hydrogens (tertiary/aromatic N) is 1. The predicted molar refractivity (Wildman–Crippen MR) is 96.8 cm³/mol. The normalized spacial score (nSPS) is 10.2. The number of carbonyl (C=O) groups is 2. The van der Waals surface area contributed by atoms with E-state index in [4.69, 9.17) is 4.74 Å². The van der Waals surface area contributed by atoms with Crippen LogP contribution < -0.4 is 15.4 Å². The van der Waals surface area contributed by atoms with Crippen LogP contribution in [0.15, 0.2) is 42.6 Å². The first-order valence-electron chi connectivity index (χ1n) is 8.33. The Labute approximate surface area is 147 Å². The molecule has 6 heteroatoms. The number of para-hydroxylation sites is 1. The summed E-state index contributed by atoms with van der Waals surface area (Å²) in [6.07, 6.45) is 2.49. The number of ether oxygens (including phenoxy) is 1. The fourth-order valence-corrected chi connectivity index (χ4v) is 2.29. The molecule has 0 aliphatic heterocycles. The third-order valence-corrected chi connectivity index (χ3v) is 3.56. The zero-order valence-electron chi connectivity index (χ0n) is 14.5. The van der Waals surface area contributed by atoms with Crippen molar-refractivity contribution in [1.82, 2.24) is 10.3 Å². The van der Waals surface area contributed by atoms with Crippen LogP contribution in [0.4, 0.5) is 5.82 Å². The standard InChI is InChI=1S/C19H23N3O3/c1-3-25-16-10-5-4-9-15(16)19(24)21-13-7-11-17(23)22-18-14(2)8-6-12-20-18/h4-6,8-10,12H,3,7,11,13H2,1-2H3,(H,21,24)(H,20,22,23). The van der Waals surface area contributed by atoms with E-state index in [9.17, 15) is 9.59 Å². The fraction of sp³-hybridized carbons (Fsp3) is 0.316. The fourth-order valence-electron chi connectivity index (χ4n) is 2.29. The Morgan fingerprint density at radius 2 is 1.96 bits per heavy atom. The Hall–Kier alpha value is -2.89. The van der Waals surface area contributed by atoms with Crippen LogP contribution in [0, 0.1) is 6.92 Å². The van der Waals surface area contributed by atoms with Gasteiger partial charge in [-0.3, -0.25) is 9.59 Å². The highest BCUT2D eigenvalue weighted by atomic mass is 16.5. The molecule has 2 amide bonds. The van der Waals surface area contributed by atoms with Crippen molar-refractivity contribution in [3.05, 3.63) is 53.7 Å². The van der Waals surface area contributed by atoms with E-state index in [2.05, 4.69) is 15.6 Å². The minimum Gasteiger partial charge on any atom is -0.493 e. The van der Waals surface area contributed by atoms with E-state index >= 15 is 0 Å². The van der Waals surface area contributed by atoms with Crippen molar-refractivity contribution in [1.29, 1.82) is 0 Å². The van der Waals surface area contributed by atoms with Crippen molar-refractivity contribution in [3.8, 4) is 5.75 Å². The number of rotatable bonds is 8. The van der Waals surface area contributed by atoms with Crippen molar-refractivity contribution in [2.75, 3.05) is 18.5 Å². The maximum absolute atomic E-state index is 12.2. The van der Waals surface area contributed by atoms with E-state index in [1.807, 2.05) is 32.0 Å². The minimum absolute atomic E-state index is 0.120. The molecular formula is C19H23N3O3. The van der Waals surface area contributed by atoms with Gasteiger partial charge in [0.15, 0.2) is 0 Å². The average Bonchev–Trinajstić information content (AvgIpc) is 2.61. The summed E-state index contributed by atoms with van der Waals surface area (Å²) in [4.78, 5) is 28.3. The molecule has 0 fully saturated rings. The predicted octanol–water partition coefficient (Wildman–Crippen LogP) is 2.94. The van der Waals surface area contributed by atoms with Gasteiger partial charge in [0.2, 0.25) is 5.91 Å². The number of hydrogen-bond donors (Lipinski definition) is 2. The molecule has 0 bridgehead atoms. The van der Waals surface area contributed by atoms with Gasteiger partial charge in [-0.25, -0.2) is 4.98 Å². The molecule has 132 valence electrons. The summed E-state index contributed by atoms with van der Waals surface area (Å²) in [5.41, 5.74) is 1.41. The molecule has 0 atom stereocenters. The first-order valence-corrected chi connectivity index (χ1v) is 8.33. The minimum atomic E-state index is -0.204. The molecule has 0 radical (unpaired) electrons. The number of aryl methyl sites for hydroxylation is 1. The van der Waals surface area contributed by atoms with Gasteiger partial charge in [0.05, 0.1) is 12.2 Å². The lowest BCUT2D eigenvalue weighted by Gasteiger charge is -2.10. The molecule has 6 nitrogen and oxygen atoms in total. The van der Waals surface area contributed by atoms with E-state index < -0.39 is 0 Å². The van der Waals surface area contributed by atoms with Gasteiger partial charge < -0.3 is 15.4 Å². The number of benzene rings is 1. The molecule has 0 aliphatic rings. The molecule has 2 N–H and O–H groups in total. The van der Waals surface area contributed by atoms with E-state index in [0.717, 1.165) is 5.56 Å². The summed E-state index contributed by atoms with van der Waals surface area (Å²) in [5.74, 6) is 0.809. The average molecular weight is 341 g/mol. The number of pyridine rings is 1. The summed E-state index contributed by atoms with van der Waals surface area (Å²) in [6, 6.07) is 10.8. The molecule has 0 aliphatic carbocycles. The lowest BCUT2D eigenvalue weighted by Crippen LogP contribution is -2.26. The maximum atomic E-state index is 12.2. The largest absolute Gasteiger partial charge is 0.493 e. The number of carbonyl (C=O) groups excluding carboxylic acids is 2. The van der Waals surface area contributed by atoms with E-state index in [-0.39, 0.29) is 11.8 Å². The van der Waals surface area contributed by atoms with Crippen LogP contribution in [-0.4, -0.2) is 29.9 Å². The van der Waals surface area contributed by atoms with Crippen molar-refractivity contribution in [3.63, 3.8) is 0 Å². The van der Waals surface area contributed by atoms with Crippen LogP contribution in [0.1, 0.15) is 35.7 Å². The summed E-state index contributed by atoms with van der Waals surface area (Å²) < 4.78 is 5.45. The van der Waals surface area contributed by atoms with E-state index in [1.54, 1.807) is 24.4 Å².